The molecule has 1 aromatic heterocycles. The fourth-order valence-corrected chi connectivity index (χ4v) is 4.37. The number of nitrogens with one attached hydrogen (secondary N) is 1. The number of benzene rings is 1. The van der Waals surface area contributed by atoms with Crippen LogP contribution in [0.2, 0.25) is 0 Å². The van der Waals surface area contributed by atoms with E-state index < -0.39 is 10.0 Å². The highest BCUT2D eigenvalue weighted by Crippen LogP contribution is 2.34. The number of fused-ring (bicyclic) bond motifs is 3. The summed E-state index contributed by atoms with van der Waals surface area (Å²) >= 11 is 0. The average Bonchev–Trinajstić information content (AvgIpc) is 2.73. The number of amidine groups is 1. The van der Waals surface area contributed by atoms with Gasteiger partial charge in [0, 0.05) is 30.9 Å². The van der Waals surface area contributed by atoms with Crippen LogP contribution in [0.3, 0.4) is 0 Å². The molecule has 0 atom stereocenters. The molecule has 0 saturated carbocycles. The number of aromatic nitrogens is 1. The summed E-state index contributed by atoms with van der Waals surface area (Å²) in [6.07, 6.45) is 4.61. The summed E-state index contributed by atoms with van der Waals surface area (Å²) in [5, 5.41) is 9.60. The van der Waals surface area contributed by atoms with Crippen LogP contribution in [0.1, 0.15) is 30.9 Å². The first-order chi connectivity index (χ1) is 14.5. The molecule has 9 nitrogen and oxygen atoms in total. The van der Waals surface area contributed by atoms with Crippen LogP contribution in [0.4, 0.5) is 11.5 Å². The van der Waals surface area contributed by atoms with E-state index >= 15 is 0 Å². The number of hydrogen-bond acceptors (Lipinski definition) is 8. The fourth-order valence-electron chi connectivity index (χ4n) is 3.29. The van der Waals surface area contributed by atoms with E-state index in [9.17, 15) is 13.7 Å². The van der Waals surface area contributed by atoms with Gasteiger partial charge in [0.1, 0.15) is 23.2 Å². The molecule has 2 aliphatic heterocycles. The second-order valence-electron chi connectivity index (χ2n) is 6.84. The molecule has 10 heteroatoms. The third kappa shape index (κ3) is 3.97. The predicted octanol–water partition coefficient (Wildman–Crippen LogP) is 3.02. The highest BCUT2D eigenvalue weighted by atomic mass is 32.2. The van der Waals surface area contributed by atoms with Crippen molar-refractivity contribution >= 4 is 33.7 Å². The van der Waals surface area contributed by atoms with Gasteiger partial charge in [0.05, 0.1) is 17.8 Å². The van der Waals surface area contributed by atoms with Crippen LogP contribution in [0.5, 0.6) is 11.5 Å². The molecule has 0 fully saturated rings. The molecule has 0 radical (unpaired) electrons. The summed E-state index contributed by atoms with van der Waals surface area (Å²) < 4.78 is 32.5. The lowest BCUT2D eigenvalue weighted by atomic mass is 10.1. The Morgan fingerprint density at radius 1 is 1.33 bits per heavy atom. The lowest BCUT2D eigenvalue weighted by Crippen LogP contribution is -2.36. The lowest BCUT2D eigenvalue weighted by Gasteiger charge is -2.29. The summed E-state index contributed by atoms with van der Waals surface area (Å²) in [6.45, 7) is 3.38. The molecule has 4 rings (SSSR count). The van der Waals surface area contributed by atoms with Gasteiger partial charge in [-0.2, -0.15) is 5.26 Å². The molecule has 2 aliphatic rings. The van der Waals surface area contributed by atoms with E-state index in [1.807, 2.05) is 23.1 Å². The van der Waals surface area contributed by atoms with E-state index in [2.05, 4.69) is 19.7 Å². The zero-order valence-corrected chi connectivity index (χ0v) is 17.2. The number of pyridine rings is 1. The van der Waals surface area contributed by atoms with Gasteiger partial charge in [-0.15, -0.1) is 0 Å². The fraction of sp³-hybridized carbons (Fsp3) is 0.300. The first-order valence-corrected chi connectivity index (χ1v) is 11.2. The van der Waals surface area contributed by atoms with Crippen molar-refractivity contribution in [3.05, 3.63) is 41.6 Å². The molecule has 1 N–H and O–H groups in total. The monoisotopic (exact) mass is 424 g/mol. The number of anilines is 1. The van der Waals surface area contributed by atoms with Gasteiger partial charge in [-0.05, 0) is 31.0 Å². The van der Waals surface area contributed by atoms with Crippen LogP contribution in [0.15, 0.2) is 40.4 Å². The second-order valence-corrected chi connectivity index (χ2v) is 8.69. The molecule has 30 heavy (non-hydrogen) atoms. The summed E-state index contributed by atoms with van der Waals surface area (Å²) in [4.78, 5) is 15.1. The number of ether oxygens (including phenoxy) is 1. The second kappa shape index (κ2) is 8.12. The van der Waals surface area contributed by atoms with Gasteiger partial charge in [-0.25, -0.2) is 18.4 Å². The molecule has 3 heterocycles. The predicted molar refractivity (Wildman–Crippen MR) is 114 cm³/mol. The van der Waals surface area contributed by atoms with Gasteiger partial charge >= 0.3 is 0 Å². The summed E-state index contributed by atoms with van der Waals surface area (Å²) in [7, 11) is -3.59. The van der Waals surface area contributed by atoms with Crippen molar-refractivity contribution in [2.45, 2.75) is 19.8 Å². The molecular formula is C20H20N6O3S. The summed E-state index contributed by atoms with van der Waals surface area (Å²) in [6, 6.07) is 8.91. The average molecular weight is 424 g/mol. The molecule has 154 valence electrons. The smallest absolute Gasteiger partial charge is 0.233 e. The Labute approximate surface area is 174 Å². The molecular weight excluding hydrogens is 404 g/mol. The Morgan fingerprint density at radius 3 is 3.00 bits per heavy atom. The Hall–Kier alpha value is -3.45. The molecule has 0 amide bonds. The zero-order chi connectivity index (χ0) is 21.1. The lowest BCUT2D eigenvalue weighted by molar-refractivity contribution is 0.480. The van der Waals surface area contributed by atoms with Gasteiger partial charge in [0.25, 0.3) is 0 Å². The molecule has 0 bridgehead atoms. The quantitative estimate of drug-likeness (QED) is 0.761. The standard InChI is InChI=1S/C20H20N6O3S/c1-2-10-30(27,28)25-19-16(12-21)18(6-8-22-19)29-14-4-5-17-15(11-14)20-23-7-3-9-26(20)13-24-17/h4-6,8,11,13H,2-3,7,9-10H2,1H3,(H,22,25). The Bertz CT molecular complexity index is 1180. The van der Waals surface area contributed by atoms with E-state index in [4.69, 9.17) is 4.74 Å². The SMILES string of the molecule is CCCS(=O)(=O)Nc1nccc(Oc2ccc3c(c2)C2=NCCCN2C=N3)c1C#N. The highest BCUT2D eigenvalue weighted by molar-refractivity contribution is 7.92. The van der Waals surface area contributed by atoms with Crippen LogP contribution < -0.4 is 9.46 Å². The van der Waals surface area contributed by atoms with E-state index in [0.717, 1.165) is 36.6 Å². The Morgan fingerprint density at radius 2 is 2.20 bits per heavy atom. The van der Waals surface area contributed by atoms with Crippen molar-refractivity contribution in [3.8, 4) is 17.6 Å². The van der Waals surface area contributed by atoms with Crippen LogP contribution >= 0.6 is 0 Å². The number of nitrogens with zero attached hydrogens (tertiary/aromatic N) is 5. The van der Waals surface area contributed by atoms with E-state index in [1.165, 1.54) is 12.3 Å². The van der Waals surface area contributed by atoms with Crippen molar-refractivity contribution in [1.29, 1.82) is 5.26 Å². The molecule has 0 saturated heterocycles. The van der Waals surface area contributed by atoms with Crippen molar-refractivity contribution < 1.29 is 13.2 Å². The number of rotatable bonds is 6. The normalized spacial score (nSPS) is 14.9. The van der Waals surface area contributed by atoms with Gasteiger partial charge in [-0.1, -0.05) is 6.92 Å². The van der Waals surface area contributed by atoms with Crippen molar-refractivity contribution in [1.82, 2.24) is 9.88 Å². The molecule has 0 unspecified atom stereocenters. The van der Waals surface area contributed by atoms with Crippen LogP contribution in [-0.2, 0) is 10.0 Å². The maximum absolute atomic E-state index is 12.1. The Kier molecular flexibility index (Phi) is 5.37. The minimum atomic E-state index is -3.59. The molecule has 2 aromatic rings. The third-order valence-corrected chi connectivity index (χ3v) is 6.06. The van der Waals surface area contributed by atoms with Crippen LogP contribution in [-0.4, -0.2) is 49.3 Å². The van der Waals surface area contributed by atoms with Crippen molar-refractivity contribution in [3.63, 3.8) is 0 Å². The van der Waals surface area contributed by atoms with Gasteiger partial charge in [-0.3, -0.25) is 9.71 Å². The molecule has 0 spiro atoms. The molecule has 1 aromatic carbocycles. The summed E-state index contributed by atoms with van der Waals surface area (Å²) in [5.41, 5.74) is 1.66. The van der Waals surface area contributed by atoms with Crippen molar-refractivity contribution in [2.75, 3.05) is 23.6 Å². The number of hydrogen-bond donors (Lipinski definition) is 1. The van der Waals surface area contributed by atoms with Gasteiger partial charge in [0.2, 0.25) is 10.0 Å². The van der Waals surface area contributed by atoms with E-state index in [-0.39, 0.29) is 22.9 Å². The Balaban J connectivity index is 1.66. The van der Waals surface area contributed by atoms with E-state index in [0.29, 0.717) is 12.2 Å². The largest absolute Gasteiger partial charge is 0.456 e. The number of aliphatic imine (C=N–C) groups is 2. The van der Waals surface area contributed by atoms with Crippen molar-refractivity contribution in [2.24, 2.45) is 9.98 Å². The number of nitriles is 1. The minimum absolute atomic E-state index is 0.0181. The van der Waals surface area contributed by atoms with Gasteiger partial charge in [0.15, 0.2) is 11.6 Å². The summed E-state index contributed by atoms with van der Waals surface area (Å²) in [5.74, 6) is 1.44. The molecule has 0 aliphatic carbocycles. The number of sulfonamides is 1. The van der Waals surface area contributed by atoms with Gasteiger partial charge < -0.3 is 9.64 Å². The zero-order valence-electron chi connectivity index (χ0n) is 16.4. The van der Waals surface area contributed by atoms with Crippen LogP contribution in [0.25, 0.3) is 0 Å². The van der Waals surface area contributed by atoms with Crippen LogP contribution in [0, 0.1) is 11.3 Å². The maximum Gasteiger partial charge on any atom is 0.233 e. The topological polar surface area (TPSA) is 120 Å². The first-order valence-electron chi connectivity index (χ1n) is 9.58. The highest BCUT2D eigenvalue weighted by Gasteiger charge is 2.23. The minimum Gasteiger partial charge on any atom is -0.456 e. The third-order valence-electron chi connectivity index (χ3n) is 4.61. The first kappa shape index (κ1) is 19.8. The maximum atomic E-state index is 12.1. The van der Waals surface area contributed by atoms with E-state index in [1.54, 1.807) is 19.3 Å².